The summed E-state index contributed by atoms with van der Waals surface area (Å²) in [6, 6.07) is 6.40. The van der Waals surface area contributed by atoms with Crippen LogP contribution in [0.1, 0.15) is 17.2 Å². The fourth-order valence-corrected chi connectivity index (χ4v) is 5.50. The molecule has 1 aromatic rings. The smallest absolute Gasteiger partial charge is 0.226 e. The van der Waals surface area contributed by atoms with Gasteiger partial charge in [-0.15, -0.1) is 0 Å². The van der Waals surface area contributed by atoms with Gasteiger partial charge in [-0.2, -0.15) is 0 Å². The fourth-order valence-electron chi connectivity index (χ4n) is 2.29. The number of nitrogens with two attached hydrogens (primary N) is 1. The highest BCUT2D eigenvalue weighted by atomic mass is 32.3. The van der Waals surface area contributed by atoms with Gasteiger partial charge in [-0.1, -0.05) is 24.3 Å². The Kier molecular flexibility index (Phi) is 3.69. The van der Waals surface area contributed by atoms with Crippen molar-refractivity contribution in [2.24, 2.45) is 5.73 Å². The summed E-state index contributed by atoms with van der Waals surface area (Å²) in [7, 11) is -7.53. The second-order valence-electron chi connectivity index (χ2n) is 4.82. The van der Waals surface area contributed by atoms with Gasteiger partial charge in [0.1, 0.15) is 0 Å². The van der Waals surface area contributed by atoms with Gasteiger partial charge >= 0.3 is 0 Å². The second kappa shape index (κ2) is 4.86. The van der Waals surface area contributed by atoms with E-state index in [4.69, 9.17) is 5.73 Å². The lowest BCUT2D eigenvalue weighted by molar-refractivity contribution is 0.519. The molecule has 3 N–H and O–H groups in total. The lowest BCUT2D eigenvalue weighted by Crippen LogP contribution is -2.40. The zero-order valence-corrected chi connectivity index (χ0v) is 12.0. The quantitative estimate of drug-likeness (QED) is 0.782. The van der Waals surface area contributed by atoms with Gasteiger partial charge in [0.25, 0.3) is 0 Å². The molecular weight excluding hydrogens is 288 g/mol. The average Bonchev–Trinajstić information content (AvgIpc) is 2.52. The Morgan fingerprint density at radius 1 is 1.26 bits per heavy atom. The Morgan fingerprint density at radius 3 is 2.53 bits per heavy atom. The standard InChI is InChI=1S/C11H16N2O4S2/c1-18(14,15)7-19(16,17)13-11-9-5-3-2-4-8(9)6-10(11)12/h2-5,10-11,13H,6-7,12H2,1H3. The van der Waals surface area contributed by atoms with E-state index in [-0.39, 0.29) is 6.04 Å². The molecule has 1 aliphatic carbocycles. The maximum absolute atomic E-state index is 11.8. The summed E-state index contributed by atoms with van der Waals surface area (Å²) < 4.78 is 48.2. The summed E-state index contributed by atoms with van der Waals surface area (Å²) in [5.41, 5.74) is 7.72. The summed E-state index contributed by atoms with van der Waals surface area (Å²) >= 11 is 0. The monoisotopic (exact) mass is 304 g/mol. The predicted molar refractivity (Wildman–Crippen MR) is 72.6 cm³/mol. The first-order valence-electron chi connectivity index (χ1n) is 5.69. The lowest BCUT2D eigenvalue weighted by Gasteiger charge is -2.18. The van der Waals surface area contributed by atoms with Crippen molar-refractivity contribution in [2.75, 3.05) is 11.3 Å². The van der Waals surface area contributed by atoms with Crippen LogP contribution in [0.5, 0.6) is 0 Å². The van der Waals surface area contributed by atoms with Crippen LogP contribution in [0.4, 0.5) is 0 Å². The van der Waals surface area contributed by atoms with E-state index in [1.165, 1.54) is 0 Å². The summed E-state index contributed by atoms with van der Waals surface area (Å²) in [4.78, 5) is 0. The van der Waals surface area contributed by atoms with E-state index in [1.54, 1.807) is 12.1 Å². The number of nitrogens with one attached hydrogen (secondary N) is 1. The fraction of sp³-hybridized carbons (Fsp3) is 0.455. The minimum atomic E-state index is -3.92. The van der Waals surface area contributed by atoms with Crippen molar-refractivity contribution in [3.8, 4) is 0 Å². The lowest BCUT2D eigenvalue weighted by atomic mass is 10.1. The highest BCUT2D eigenvalue weighted by molar-refractivity contribution is 8.06. The molecule has 106 valence electrons. The van der Waals surface area contributed by atoms with Crippen LogP contribution in [0.2, 0.25) is 0 Å². The van der Waals surface area contributed by atoms with E-state index < -0.39 is 31.0 Å². The molecule has 0 saturated heterocycles. The molecule has 0 spiro atoms. The van der Waals surface area contributed by atoms with Crippen molar-refractivity contribution < 1.29 is 16.8 Å². The summed E-state index contributed by atoms with van der Waals surface area (Å²) in [5, 5.41) is -0.925. The van der Waals surface area contributed by atoms with E-state index in [9.17, 15) is 16.8 Å². The zero-order valence-electron chi connectivity index (χ0n) is 10.4. The van der Waals surface area contributed by atoms with Crippen molar-refractivity contribution in [3.63, 3.8) is 0 Å². The maximum atomic E-state index is 11.8. The molecule has 6 nitrogen and oxygen atoms in total. The highest BCUT2D eigenvalue weighted by Crippen LogP contribution is 2.30. The number of sulfonamides is 1. The van der Waals surface area contributed by atoms with E-state index in [0.29, 0.717) is 6.42 Å². The van der Waals surface area contributed by atoms with Gasteiger partial charge < -0.3 is 5.73 Å². The van der Waals surface area contributed by atoms with Gasteiger partial charge in [-0.05, 0) is 17.5 Å². The van der Waals surface area contributed by atoms with Crippen molar-refractivity contribution in [2.45, 2.75) is 18.5 Å². The Balaban J connectivity index is 2.25. The highest BCUT2D eigenvalue weighted by Gasteiger charge is 2.33. The number of sulfone groups is 1. The van der Waals surface area contributed by atoms with E-state index in [1.807, 2.05) is 12.1 Å². The normalized spacial score (nSPS) is 23.3. The molecule has 2 rings (SSSR count). The number of hydrogen-bond acceptors (Lipinski definition) is 5. The first-order valence-corrected chi connectivity index (χ1v) is 9.40. The van der Waals surface area contributed by atoms with Crippen LogP contribution in [0.3, 0.4) is 0 Å². The maximum Gasteiger partial charge on any atom is 0.226 e. The molecule has 0 bridgehead atoms. The molecule has 1 aromatic carbocycles. The van der Waals surface area contributed by atoms with Crippen molar-refractivity contribution in [1.82, 2.24) is 4.72 Å². The SMILES string of the molecule is CS(=O)(=O)CS(=O)(=O)NC1c2ccccc2CC1N. The van der Waals surface area contributed by atoms with E-state index in [2.05, 4.69) is 4.72 Å². The molecule has 0 saturated carbocycles. The molecule has 19 heavy (non-hydrogen) atoms. The minimum Gasteiger partial charge on any atom is -0.326 e. The molecule has 2 atom stereocenters. The Hall–Kier alpha value is -0.960. The molecule has 0 heterocycles. The third-order valence-corrected chi connectivity index (χ3v) is 6.52. The summed E-state index contributed by atoms with van der Waals surface area (Å²) in [6.07, 6.45) is 1.46. The molecule has 2 unspecified atom stereocenters. The van der Waals surface area contributed by atoms with Gasteiger partial charge in [0.05, 0.1) is 6.04 Å². The van der Waals surface area contributed by atoms with Crippen LogP contribution in [0, 0.1) is 0 Å². The third kappa shape index (κ3) is 3.53. The molecule has 8 heteroatoms. The van der Waals surface area contributed by atoms with Gasteiger partial charge in [0, 0.05) is 12.3 Å². The van der Waals surface area contributed by atoms with Crippen LogP contribution < -0.4 is 10.5 Å². The topological polar surface area (TPSA) is 106 Å². The number of benzene rings is 1. The van der Waals surface area contributed by atoms with Crippen molar-refractivity contribution >= 4 is 19.9 Å². The second-order valence-corrected chi connectivity index (χ2v) is 9.08. The first kappa shape index (κ1) is 14.4. The molecular formula is C11H16N2O4S2. The average molecular weight is 304 g/mol. The molecule has 1 aliphatic rings. The van der Waals surface area contributed by atoms with Gasteiger partial charge in [-0.25, -0.2) is 21.6 Å². The molecule has 0 aromatic heterocycles. The largest absolute Gasteiger partial charge is 0.326 e. The zero-order chi connectivity index (χ0) is 14.3. The number of hydrogen-bond donors (Lipinski definition) is 2. The van der Waals surface area contributed by atoms with E-state index >= 15 is 0 Å². The van der Waals surface area contributed by atoms with Crippen molar-refractivity contribution in [1.29, 1.82) is 0 Å². The first-order chi connectivity index (χ1) is 8.68. The molecule has 0 amide bonds. The summed E-state index contributed by atoms with van der Waals surface area (Å²) in [6.45, 7) is 0. The Morgan fingerprint density at radius 2 is 1.89 bits per heavy atom. The third-order valence-electron chi connectivity index (χ3n) is 2.95. The van der Waals surface area contributed by atoms with Crippen LogP contribution in [0.15, 0.2) is 24.3 Å². The Bertz CT molecular complexity index is 682. The van der Waals surface area contributed by atoms with Gasteiger partial charge in [-0.3, -0.25) is 0 Å². The molecule has 0 fully saturated rings. The predicted octanol–water partition coefficient (Wildman–Crippen LogP) is -0.467. The van der Waals surface area contributed by atoms with Crippen molar-refractivity contribution in [3.05, 3.63) is 35.4 Å². The summed E-state index contributed by atoms with van der Waals surface area (Å²) in [5.74, 6) is 0. The van der Waals surface area contributed by atoms with Gasteiger partial charge in [0.2, 0.25) is 10.0 Å². The number of fused-ring (bicyclic) bond motifs is 1. The van der Waals surface area contributed by atoms with Crippen LogP contribution in [-0.2, 0) is 26.3 Å². The molecule has 0 aliphatic heterocycles. The van der Waals surface area contributed by atoms with Crippen LogP contribution in [-0.4, -0.2) is 34.2 Å². The number of rotatable bonds is 4. The van der Waals surface area contributed by atoms with E-state index in [0.717, 1.165) is 17.4 Å². The Labute approximate surface area is 113 Å². The van der Waals surface area contributed by atoms with Crippen LogP contribution in [0.25, 0.3) is 0 Å². The minimum absolute atomic E-state index is 0.383. The molecule has 0 radical (unpaired) electrons. The van der Waals surface area contributed by atoms with Gasteiger partial charge in [0.15, 0.2) is 14.9 Å². The van der Waals surface area contributed by atoms with Crippen LogP contribution >= 0.6 is 0 Å².